The Balaban J connectivity index is 1.82. The monoisotopic (exact) mass is 278 g/mol. The van der Waals surface area contributed by atoms with Gasteiger partial charge in [-0.05, 0) is 75.0 Å². The molecule has 1 aliphatic heterocycles. The smallest absolute Gasteiger partial charge is 0.164 e. The molecule has 1 saturated heterocycles. The zero-order chi connectivity index (χ0) is 14.6. The van der Waals surface area contributed by atoms with Crippen molar-refractivity contribution in [1.29, 1.82) is 0 Å². The van der Waals surface area contributed by atoms with Crippen molar-refractivity contribution < 1.29 is 9.47 Å². The summed E-state index contributed by atoms with van der Waals surface area (Å²) in [6, 6.07) is 0. The van der Waals surface area contributed by atoms with E-state index in [0.717, 1.165) is 11.8 Å². The minimum Gasteiger partial charge on any atom is -0.344 e. The van der Waals surface area contributed by atoms with Gasteiger partial charge in [0, 0.05) is 0 Å². The second-order valence-corrected chi connectivity index (χ2v) is 9.34. The Morgan fingerprint density at radius 2 is 1.60 bits per heavy atom. The van der Waals surface area contributed by atoms with Crippen LogP contribution in [0.2, 0.25) is 0 Å². The summed E-state index contributed by atoms with van der Waals surface area (Å²) in [5.41, 5.74) is 0.836. The van der Waals surface area contributed by atoms with Gasteiger partial charge in [0.05, 0.1) is 11.7 Å². The van der Waals surface area contributed by atoms with Crippen molar-refractivity contribution in [3.8, 4) is 0 Å². The fourth-order valence-corrected chi connectivity index (χ4v) is 7.01. The highest BCUT2D eigenvalue weighted by Crippen LogP contribution is 2.75. The summed E-state index contributed by atoms with van der Waals surface area (Å²) < 4.78 is 12.8. The Morgan fingerprint density at radius 3 is 2.30 bits per heavy atom. The summed E-state index contributed by atoms with van der Waals surface area (Å²) in [6.07, 6.45) is 5.70. The van der Waals surface area contributed by atoms with Gasteiger partial charge in [-0.25, -0.2) is 0 Å². The summed E-state index contributed by atoms with van der Waals surface area (Å²) in [4.78, 5) is 0. The molecule has 3 saturated carbocycles. The first-order chi connectivity index (χ1) is 9.12. The Morgan fingerprint density at radius 1 is 0.900 bits per heavy atom. The van der Waals surface area contributed by atoms with Gasteiger partial charge in [-0.15, -0.1) is 0 Å². The largest absolute Gasteiger partial charge is 0.344 e. The fourth-order valence-electron chi connectivity index (χ4n) is 7.01. The van der Waals surface area contributed by atoms with Crippen molar-refractivity contribution in [2.24, 2.45) is 28.6 Å². The zero-order valence-electron chi connectivity index (χ0n) is 14.0. The third-order valence-electron chi connectivity index (χ3n) is 7.73. The zero-order valence-corrected chi connectivity index (χ0v) is 14.0. The Labute approximate surface area is 123 Å². The third kappa shape index (κ3) is 1.34. The van der Waals surface area contributed by atoms with Gasteiger partial charge in [-0.1, -0.05) is 20.8 Å². The van der Waals surface area contributed by atoms with Crippen molar-refractivity contribution in [2.45, 2.75) is 84.7 Å². The maximum atomic E-state index is 6.48. The summed E-state index contributed by atoms with van der Waals surface area (Å²) in [6.45, 7) is 14.0. The molecule has 4 rings (SSSR count). The molecule has 3 aliphatic carbocycles. The molecular weight excluding hydrogens is 248 g/mol. The van der Waals surface area contributed by atoms with Gasteiger partial charge in [0.1, 0.15) is 0 Å². The first-order valence-electron chi connectivity index (χ1n) is 8.50. The van der Waals surface area contributed by atoms with E-state index < -0.39 is 5.79 Å². The van der Waals surface area contributed by atoms with Crippen LogP contribution in [0, 0.1) is 28.6 Å². The fraction of sp³-hybridized carbons (Fsp3) is 1.00. The van der Waals surface area contributed by atoms with Gasteiger partial charge in [0.2, 0.25) is 0 Å². The molecule has 2 heteroatoms. The molecule has 0 amide bonds. The van der Waals surface area contributed by atoms with Crippen LogP contribution in [-0.4, -0.2) is 17.5 Å². The molecule has 0 aromatic rings. The number of fused-ring (bicyclic) bond motifs is 3. The predicted octanol–water partition coefficient (Wildman–Crippen LogP) is 4.38. The quantitative estimate of drug-likeness (QED) is 0.654. The topological polar surface area (TPSA) is 18.5 Å². The van der Waals surface area contributed by atoms with E-state index in [1.54, 1.807) is 0 Å². The van der Waals surface area contributed by atoms with E-state index in [9.17, 15) is 0 Å². The molecule has 0 aromatic heterocycles. The van der Waals surface area contributed by atoms with Crippen LogP contribution in [0.3, 0.4) is 0 Å². The standard InChI is InChI=1S/C18H30O2/c1-11-7-8-12-15(2,3)13-9-18(11,12)10-14-17(13,6)20-16(4,5)19-14/h11-14H,7-10H2,1-6H3/t11-,12-,13+,14-,17+,18+/m0/s1. The first kappa shape index (κ1) is 13.6. The molecule has 6 atom stereocenters. The highest BCUT2D eigenvalue weighted by atomic mass is 16.8. The van der Waals surface area contributed by atoms with Crippen LogP contribution in [0.1, 0.15) is 67.2 Å². The number of hydrogen-bond acceptors (Lipinski definition) is 2. The van der Waals surface area contributed by atoms with E-state index in [4.69, 9.17) is 9.47 Å². The van der Waals surface area contributed by atoms with E-state index in [0.29, 0.717) is 22.9 Å². The minimum atomic E-state index is -0.409. The molecule has 1 heterocycles. The Kier molecular flexibility index (Phi) is 2.35. The van der Waals surface area contributed by atoms with Gasteiger partial charge in [0.25, 0.3) is 0 Å². The van der Waals surface area contributed by atoms with Gasteiger partial charge < -0.3 is 9.47 Å². The highest BCUT2D eigenvalue weighted by Gasteiger charge is 2.73. The molecule has 2 bridgehead atoms. The molecule has 0 N–H and O–H groups in total. The SMILES string of the molecule is C[C@H]1CC[C@H]2C(C)(C)[C@H]3C[C@@]12C[C@@H]1OC(C)(C)O[C@@]13C. The normalized spacial score (nSPS) is 58.5. The average molecular weight is 278 g/mol. The maximum absolute atomic E-state index is 6.48. The molecule has 4 aliphatic rings. The summed E-state index contributed by atoms with van der Waals surface area (Å²) >= 11 is 0. The number of ether oxygens (including phenoxy) is 2. The van der Waals surface area contributed by atoms with Gasteiger partial charge in [0.15, 0.2) is 5.79 Å². The van der Waals surface area contributed by atoms with E-state index in [1.807, 2.05) is 0 Å². The Hall–Kier alpha value is -0.0800. The van der Waals surface area contributed by atoms with Crippen LogP contribution < -0.4 is 0 Å². The molecule has 2 nitrogen and oxygen atoms in total. The van der Waals surface area contributed by atoms with Gasteiger partial charge in [-0.2, -0.15) is 0 Å². The van der Waals surface area contributed by atoms with Crippen LogP contribution in [0.4, 0.5) is 0 Å². The maximum Gasteiger partial charge on any atom is 0.164 e. The molecule has 0 unspecified atom stereocenters. The molecule has 4 fully saturated rings. The van der Waals surface area contributed by atoms with Gasteiger partial charge in [-0.3, -0.25) is 0 Å². The molecule has 20 heavy (non-hydrogen) atoms. The average Bonchev–Trinajstić information content (AvgIpc) is 2.80. The second kappa shape index (κ2) is 3.46. The van der Waals surface area contributed by atoms with Crippen LogP contribution in [-0.2, 0) is 9.47 Å². The van der Waals surface area contributed by atoms with Crippen LogP contribution in [0.15, 0.2) is 0 Å². The van der Waals surface area contributed by atoms with E-state index in [1.165, 1.54) is 25.7 Å². The molecule has 1 spiro atoms. The third-order valence-corrected chi connectivity index (χ3v) is 7.73. The van der Waals surface area contributed by atoms with E-state index in [2.05, 4.69) is 41.5 Å². The van der Waals surface area contributed by atoms with E-state index in [-0.39, 0.29) is 5.60 Å². The molecule has 0 radical (unpaired) electrons. The lowest BCUT2D eigenvalue weighted by atomic mass is 9.63. The summed E-state index contributed by atoms with van der Waals surface area (Å²) in [5, 5.41) is 0. The molecular formula is C18H30O2. The van der Waals surface area contributed by atoms with Crippen molar-refractivity contribution in [3.05, 3.63) is 0 Å². The van der Waals surface area contributed by atoms with Crippen LogP contribution in [0.5, 0.6) is 0 Å². The second-order valence-electron chi connectivity index (χ2n) is 9.34. The van der Waals surface area contributed by atoms with Crippen molar-refractivity contribution in [1.82, 2.24) is 0 Å². The summed E-state index contributed by atoms with van der Waals surface area (Å²) in [5.74, 6) is 1.96. The summed E-state index contributed by atoms with van der Waals surface area (Å²) in [7, 11) is 0. The van der Waals surface area contributed by atoms with Gasteiger partial charge >= 0.3 is 0 Å². The van der Waals surface area contributed by atoms with Crippen molar-refractivity contribution in [3.63, 3.8) is 0 Å². The lowest BCUT2D eigenvalue weighted by Crippen LogP contribution is -2.52. The van der Waals surface area contributed by atoms with Crippen LogP contribution >= 0.6 is 0 Å². The Bertz CT molecular complexity index is 454. The lowest BCUT2D eigenvalue weighted by molar-refractivity contribution is -0.177. The predicted molar refractivity (Wildman–Crippen MR) is 79.3 cm³/mol. The van der Waals surface area contributed by atoms with Crippen molar-refractivity contribution in [2.75, 3.05) is 0 Å². The van der Waals surface area contributed by atoms with Crippen LogP contribution in [0.25, 0.3) is 0 Å². The van der Waals surface area contributed by atoms with E-state index >= 15 is 0 Å². The number of hydrogen-bond donors (Lipinski definition) is 0. The lowest BCUT2D eigenvalue weighted by Gasteiger charge is -2.47. The molecule has 0 aromatic carbocycles. The number of rotatable bonds is 0. The molecule has 114 valence electrons. The van der Waals surface area contributed by atoms with Crippen molar-refractivity contribution >= 4 is 0 Å². The minimum absolute atomic E-state index is 0.0810. The first-order valence-corrected chi connectivity index (χ1v) is 8.50. The highest BCUT2D eigenvalue weighted by molar-refractivity contribution is 5.21.